The molecule has 0 bridgehead atoms. The fraction of sp³-hybridized carbons (Fsp3) is 0.389. The molecule has 2 aromatic rings. The van der Waals surface area contributed by atoms with Crippen LogP contribution in [0.5, 0.6) is 11.9 Å². The summed E-state index contributed by atoms with van der Waals surface area (Å²) in [6, 6.07) is 9.01. The summed E-state index contributed by atoms with van der Waals surface area (Å²) >= 11 is 0. The van der Waals surface area contributed by atoms with Gasteiger partial charge in [-0.25, -0.2) is 0 Å². The number of nitrogens with one attached hydrogen (secondary N) is 1. The summed E-state index contributed by atoms with van der Waals surface area (Å²) < 4.78 is 10.5. The van der Waals surface area contributed by atoms with Crippen molar-refractivity contribution in [1.29, 1.82) is 0 Å². The van der Waals surface area contributed by atoms with Crippen molar-refractivity contribution in [3.05, 3.63) is 47.2 Å². The summed E-state index contributed by atoms with van der Waals surface area (Å²) in [7, 11) is 4.45. The molecule has 2 rings (SSSR count). The lowest BCUT2D eigenvalue weighted by molar-refractivity contribution is -0.124. The number of rotatable bonds is 7. The van der Waals surface area contributed by atoms with E-state index < -0.39 is 5.60 Å². The van der Waals surface area contributed by atoms with Crippen LogP contribution in [0.4, 0.5) is 0 Å². The van der Waals surface area contributed by atoms with E-state index in [1.54, 1.807) is 24.3 Å². The minimum absolute atomic E-state index is 0.0651. The maximum absolute atomic E-state index is 12.1. The fourth-order valence-corrected chi connectivity index (χ4v) is 2.72. The third-order valence-electron chi connectivity index (χ3n) is 4.02. The Balaban J connectivity index is 2.75. The average molecular weight is 345 g/mol. The first-order valence-electron chi connectivity index (χ1n) is 7.98. The number of nitrogens with zero attached hydrogens (tertiary/aromatic N) is 2. The van der Waals surface area contributed by atoms with Crippen molar-refractivity contribution in [3.8, 4) is 11.9 Å². The van der Waals surface area contributed by atoms with Gasteiger partial charge in [0.2, 0.25) is 11.8 Å². The highest BCUT2D eigenvalue weighted by molar-refractivity contribution is 5.77. The summed E-state index contributed by atoms with van der Waals surface area (Å²) in [4.78, 5) is 20.6. The maximum atomic E-state index is 12.1. The van der Waals surface area contributed by atoms with Gasteiger partial charge in [0, 0.05) is 12.6 Å². The fourth-order valence-electron chi connectivity index (χ4n) is 2.72. The highest BCUT2D eigenvalue weighted by atomic mass is 16.5. The number of benzene rings is 1. The second kappa shape index (κ2) is 7.94. The smallest absolute Gasteiger partial charge is 0.319 e. The highest BCUT2D eigenvalue weighted by Gasteiger charge is 2.39. The Morgan fingerprint density at radius 3 is 2.40 bits per heavy atom. The first-order chi connectivity index (χ1) is 12.0. The standard InChI is InChI=1S/C18H23N3O4/c1-5-13-15(20-17(25-4)21-16(13)24-3)18(23,11-14(22)19-2)12-9-7-6-8-10-12/h6-10,23H,5,11H2,1-4H3,(H,19,22). The van der Waals surface area contributed by atoms with Crippen LogP contribution in [0.15, 0.2) is 30.3 Å². The van der Waals surface area contributed by atoms with Gasteiger partial charge in [0.15, 0.2) is 0 Å². The van der Waals surface area contributed by atoms with Crippen LogP contribution >= 0.6 is 0 Å². The molecule has 0 radical (unpaired) electrons. The van der Waals surface area contributed by atoms with Gasteiger partial charge in [-0.3, -0.25) is 4.79 Å². The number of hydrogen-bond donors (Lipinski definition) is 2. The lowest BCUT2D eigenvalue weighted by atomic mass is 9.84. The molecule has 0 saturated heterocycles. The summed E-state index contributed by atoms with van der Waals surface area (Å²) in [6.45, 7) is 1.91. The monoisotopic (exact) mass is 345 g/mol. The molecular formula is C18H23N3O4. The number of hydrogen-bond acceptors (Lipinski definition) is 6. The normalized spacial score (nSPS) is 13.0. The Labute approximate surface area is 147 Å². The van der Waals surface area contributed by atoms with Gasteiger partial charge in [-0.15, -0.1) is 0 Å². The summed E-state index contributed by atoms with van der Waals surface area (Å²) in [5, 5.41) is 14.1. The van der Waals surface area contributed by atoms with E-state index in [2.05, 4.69) is 15.3 Å². The molecule has 2 N–H and O–H groups in total. The summed E-state index contributed by atoms with van der Waals surface area (Å²) in [6.07, 6.45) is 0.329. The zero-order valence-corrected chi connectivity index (χ0v) is 14.9. The van der Waals surface area contributed by atoms with E-state index in [-0.39, 0.29) is 18.3 Å². The minimum Gasteiger partial charge on any atom is -0.481 e. The number of aliphatic hydroxyl groups is 1. The molecular weight excluding hydrogens is 322 g/mol. The average Bonchev–Trinajstić information content (AvgIpc) is 2.67. The Morgan fingerprint density at radius 1 is 1.20 bits per heavy atom. The summed E-state index contributed by atoms with van der Waals surface area (Å²) in [5.41, 5.74) is -0.168. The molecule has 0 fully saturated rings. The molecule has 0 aliphatic carbocycles. The Bertz CT molecular complexity index is 737. The van der Waals surface area contributed by atoms with Crippen molar-refractivity contribution in [1.82, 2.24) is 15.3 Å². The van der Waals surface area contributed by atoms with Crippen LogP contribution in [0.2, 0.25) is 0 Å². The number of carbonyl (C=O) groups is 1. The first-order valence-corrected chi connectivity index (χ1v) is 7.98. The van der Waals surface area contributed by atoms with Crippen molar-refractivity contribution in [3.63, 3.8) is 0 Å². The van der Waals surface area contributed by atoms with Crippen LogP contribution in [0, 0.1) is 0 Å². The lowest BCUT2D eigenvalue weighted by Crippen LogP contribution is -2.36. The van der Waals surface area contributed by atoms with E-state index in [9.17, 15) is 9.90 Å². The van der Waals surface area contributed by atoms with Gasteiger partial charge in [-0.05, 0) is 12.0 Å². The molecule has 1 heterocycles. The molecule has 25 heavy (non-hydrogen) atoms. The number of aromatic nitrogens is 2. The van der Waals surface area contributed by atoms with Gasteiger partial charge in [0.25, 0.3) is 0 Å². The van der Waals surface area contributed by atoms with Crippen molar-refractivity contribution >= 4 is 5.91 Å². The van der Waals surface area contributed by atoms with Crippen molar-refractivity contribution in [2.24, 2.45) is 0 Å². The Morgan fingerprint density at radius 2 is 1.88 bits per heavy atom. The van der Waals surface area contributed by atoms with Gasteiger partial charge in [0.1, 0.15) is 5.60 Å². The van der Waals surface area contributed by atoms with E-state index in [4.69, 9.17) is 9.47 Å². The second-order valence-corrected chi connectivity index (χ2v) is 5.48. The molecule has 1 aromatic heterocycles. The number of ether oxygens (including phenoxy) is 2. The van der Waals surface area contributed by atoms with E-state index in [1.807, 2.05) is 13.0 Å². The van der Waals surface area contributed by atoms with E-state index >= 15 is 0 Å². The SMILES string of the molecule is CCc1c(OC)nc(OC)nc1C(O)(CC(=O)NC)c1ccccc1. The molecule has 1 unspecified atom stereocenters. The van der Waals surface area contributed by atoms with Gasteiger partial charge in [0.05, 0.1) is 26.3 Å². The van der Waals surface area contributed by atoms with Crippen LogP contribution in [-0.4, -0.2) is 42.2 Å². The highest BCUT2D eigenvalue weighted by Crippen LogP contribution is 2.37. The molecule has 134 valence electrons. The molecule has 7 nitrogen and oxygen atoms in total. The van der Waals surface area contributed by atoms with Crippen LogP contribution in [-0.2, 0) is 16.8 Å². The molecule has 0 aliphatic heterocycles. The number of carbonyl (C=O) groups excluding carboxylic acids is 1. The molecule has 1 aromatic carbocycles. The third kappa shape index (κ3) is 3.71. The molecule has 0 saturated carbocycles. The second-order valence-electron chi connectivity index (χ2n) is 5.48. The van der Waals surface area contributed by atoms with Crippen LogP contribution in [0.3, 0.4) is 0 Å². The minimum atomic E-state index is -1.64. The van der Waals surface area contributed by atoms with E-state index in [1.165, 1.54) is 21.3 Å². The quantitative estimate of drug-likeness (QED) is 0.788. The zero-order valence-electron chi connectivity index (χ0n) is 14.9. The predicted molar refractivity (Wildman–Crippen MR) is 92.6 cm³/mol. The summed E-state index contributed by atoms with van der Waals surface area (Å²) in [5.74, 6) is 0.000523. The van der Waals surface area contributed by atoms with E-state index in [0.29, 0.717) is 29.1 Å². The van der Waals surface area contributed by atoms with Gasteiger partial charge in [-0.2, -0.15) is 9.97 Å². The molecule has 0 aliphatic rings. The molecule has 1 amide bonds. The predicted octanol–water partition coefficient (Wildman–Crippen LogP) is 1.43. The third-order valence-corrected chi connectivity index (χ3v) is 4.02. The van der Waals surface area contributed by atoms with Crippen LogP contribution < -0.4 is 14.8 Å². The first kappa shape index (κ1) is 18.7. The van der Waals surface area contributed by atoms with Gasteiger partial charge in [-0.1, -0.05) is 37.3 Å². The van der Waals surface area contributed by atoms with Crippen LogP contribution in [0.25, 0.3) is 0 Å². The van der Waals surface area contributed by atoms with Crippen molar-refractivity contribution in [2.45, 2.75) is 25.4 Å². The Kier molecular flexibility index (Phi) is 5.93. The van der Waals surface area contributed by atoms with Crippen molar-refractivity contribution in [2.75, 3.05) is 21.3 Å². The molecule has 7 heteroatoms. The van der Waals surface area contributed by atoms with Crippen molar-refractivity contribution < 1.29 is 19.4 Å². The topological polar surface area (TPSA) is 93.6 Å². The number of methoxy groups -OCH3 is 2. The Hall–Kier alpha value is -2.67. The number of amides is 1. The zero-order chi connectivity index (χ0) is 18.4. The lowest BCUT2D eigenvalue weighted by Gasteiger charge is -2.30. The molecule has 1 atom stereocenters. The van der Waals surface area contributed by atoms with Gasteiger partial charge >= 0.3 is 6.01 Å². The maximum Gasteiger partial charge on any atom is 0.319 e. The molecule has 0 spiro atoms. The van der Waals surface area contributed by atoms with Gasteiger partial charge < -0.3 is 19.9 Å². The largest absolute Gasteiger partial charge is 0.481 e. The van der Waals surface area contributed by atoms with E-state index in [0.717, 1.165) is 0 Å². The van der Waals surface area contributed by atoms with Crippen LogP contribution in [0.1, 0.15) is 30.2 Å².